The molecule has 0 spiro atoms. The van der Waals surface area contributed by atoms with Crippen molar-refractivity contribution >= 4 is 11.7 Å². The molecule has 2 saturated heterocycles. The highest BCUT2D eigenvalue weighted by Gasteiger charge is 2.38. The second kappa shape index (κ2) is 7.91. The second-order valence-electron chi connectivity index (χ2n) is 8.15. The number of nitrogens with zero attached hydrogens (tertiary/aromatic N) is 3. The molecule has 7 nitrogen and oxygen atoms in total. The molecule has 1 unspecified atom stereocenters. The third kappa shape index (κ3) is 3.68. The van der Waals surface area contributed by atoms with E-state index in [9.17, 15) is 4.79 Å². The first-order chi connectivity index (χ1) is 14.7. The minimum absolute atomic E-state index is 0.195. The maximum absolute atomic E-state index is 12.7. The van der Waals surface area contributed by atoms with E-state index in [4.69, 9.17) is 4.52 Å². The molecule has 3 heterocycles. The summed E-state index contributed by atoms with van der Waals surface area (Å²) in [5.74, 6) is 0.897. The van der Waals surface area contributed by atoms with Crippen molar-refractivity contribution in [3.63, 3.8) is 0 Å². The highest BCUT2D eigenvalue weighted by molar-refractivity contribution is 5.93. The molecule has 2 N–H and O–H groups in total. The Morgan fingerprint density at radius 3 is 2.50 bits per heavy atom. The Morgan fingerprint density at radius 1 is 1.03 bits per heavy atom. The summed E-state index contributed by atoms with van der Waals surface area (Å²) in [5, 5.41) is 10.2. The molecular weight excluding hydrogens is 378 g/mol. The van der Waals surface area contributed by atoms with Crippen LogP contribution in [0.25, 0.3) is 22.8 Å². The molecule has 5 rings (SSSR count). The molecule has 3 atom stereocenters. The van der Waals surface area contributed by atoms with Gasteiger partial charge in [0.1, 0.15) is 0 Å². The van der Waals surface area contributed by atoms with Crippen molar-refractivity contribution in [1.29, 1.82) is 0 Å². The van der Waals surface area contributed by atoms with Crippen LogP contribution in [0.2, 0.25) is 0 Å². The molecule has 2 fully saturated rings. The van der Waals surface area contributed by atoms with Crippen molar-refractivity contribution in [2.45, 2.75) is 43.8 Å². The lowest BCUT2D eigenvalue weighted by molar-refractivity contribution is 0.151. The summed E-state index contributed by atoms with van der Waals surface area (Å²) in [6, 6.07) is 18.3. The standard InChI is InChI=1S/C23H25N5O2/c1-28-17-11-12-18(28)14-16(13-17)24-23(29)25-20-10-6-5-9-19(20)22-26-21(27-30-22)15-7-3-2-4-8-15/h2-10,16-18H,11-14H2,1H3,(H2,24,25,29)/t16?,17-,18+. The van der Waals surface area contributed by atoms with Gasteiger partial charge in [-0.2, -0.15) is 4.98 Å². The van der Waals surface area contributed by atoms with Crippen LogP contribution in [0, 0.1) is 0 Å². The van der Waals surface area contributed by atoms with Gasteiger partial charge in [0.2, 0.25) is 5.82 Å². The van der Waals surface area contributed by atoms with Crippen molar-refractivity contribution < 1.29 is 9.32 Å². The van der Waals surface area contributed by atoms with Gasteiger partial charge in [-0.15, -0.1) is 0 Å². The van der Waals surface area contributed by atoms with Crippen LogP contribution < -0.4 is 10.6 Å². The number of rotatable bonds is 4. The minimum atomic E-state index is -0.195. The van der Waals surface area contributed by atoms with Gasteiger partial charge in [0.15, 0.2) is 0 Å². The summed E-state index contributed by atoms with van der Waals surface area (Å²) in [6.07, 6.45) is 4.47. The van der Waals surface area contributed by atoms with Gasteiger partial charge in [0.25, 0.3) is 5.89 Å². The maximum Gasteiger partial charge on any atom is 0.319 e. The highest BCUT2D eigenvalue weighted by atomic mass is 16.5. The van der Waals surface area contributed by atoms with E-state index < -0.39 is 0 Å². The zero-order valence-corrected chi connectivity index (χ0v) is 16.9. The monoisotopic (exact) mass is 403 g/mol. The van der Waals surface area contributed by atoms with Crippen LogP contribution in [-0.2, 0) is 0 Å². The molecule has 2 aliphatic heterocycles. The van der Waals surface area contributed by atoms with Crippen molar-refractivity contribution in [1.82, 2.24) is 20.4 Å². The Labute approximate surface area is 175 Å². The number of anilines is 1. The number of amides is 2. The predicted molar refractivity (Wildman–Crippen MR) is 115 cm³/mol. The Balaban J connectivity index is 1.30. The third-order valence-corrected chi connectivity index (χ3v) is 6.30. The van der Waals surface area contributed by atoms with E-state index in [-0.39, 0.29) is 12.1 Å². The first-order valence-corrected chi connectivity index (χ1v) is 10.5. The average Bonchev–Trinajstić information content (AvgIpc) is 3.31. The average molecular weight is 403 g/mol. The fraction of sp³-hybridized carbons (Fsp3) is 0.348. The Hall–Kier alpha value is -3.19. The van der Waals surface area contributed by atoms with E-state index in [1.165, 1.54) is 12.8 Å². The normalized spacial score (nSPS) is 23.3. The third-order valence-electron chi connectivity index (χ3n) is 6.30. The second-order valence-corrected chi connectivity index (χ2v) is 8.15. The van der Waals surface area contributed by atoms with Crippen molar-refractivity contribution in [2.24, 2.45) is 0 Å². The number of carbonyl (C=O) groups is 1. The maximum atomic E-state index is 12.7. The number of aromatic nitrogens is 2. The van der Waals surface area contributed by atoms with Gasteiger partial charge in [-0.05, 0) is 44.9 Å². The van der Waals surface area contributed by atoms with E-state index in [2.05, 4.69) is 32.7 Å². The molecule has 154 valence electrons. The van der Waals surface area contributed by atoms with Crippen LogP contribution in [0.4, 0.5) is 10.5 Å². The van der Waals surface area contributed by atoms with Crippen molar-refractivity contribution in [2.75, 3.05) is 12.4 Å². The van der Waals surface area contributed by atoms with E-state index in [0.717, 1.165) is 18.4 Å². The number of fused-ring (bicyclic) bond motifs is 2. The zero-order chi connectivity index (χ0) is 20.5. The number of hydrogen-bond acceptors (Lipinski definition) is 5. The number of hydrogen-bond donors (Lipinski definition) is 2. The molecule has 3 aromatic rings. The minimum Gasteiger partial charge on any atom is -0.335 e. The fourth-order valence-corrected chi connectivity index (χ4v) is 4.69. The molecular formula is C23H25N5O2. The molecule has 0 saturated carbocycles. The number of para-hydroxylation sites is 1. The lowest BCUT2D eigenvalue weighted by Gasteiger charge is -2.36. The van der Waals surface area contributed by atoms with E-state index >= 15 is 0 Å². The SMILES string of the molecule is CN1[C@@H]2CC[C@H]1CC(NC(=O)Nc1ccccc1-c1nc(-c3ccccc3)no1)C2. The van der Waals surface area contributed by atoms with Crippen LogP contribution in [-0.4, -0.2) is 46.2 Å². The van der Waals surface area contributed by atoms with Crippen molar-refractivity contribution in [3.8, 4) is 22.8 Å². The molecule has 1 aromatic heterocycles. The summed E-state index contributed by atoms with van der Waals surface area (Å²) >= 11 is 0. The Bertz CT molecular complexity index is 1020. The summed E-state index contributed by atoms with van der Waals surface area (Å²) in [4.78, 5) is 19.7. The summed E-state index contributed by atoms with van der Waals surface area (Å²) in [6.45, 7) is 0. The first kappa shape index (κ1) is 18.8. The van der Waals surface area contributed by atoms with E-state index in [1.54, 1.807) is 0 Å². The number of piperidine rings is 1. The van der Waals surface area contributed by atoms with Crippen LogP contribution in [0.15, 0.2) is 59.1 Å². The molecule has 2 aliphatic rings. The fourth-order valence-electron chi connectivity index (χ4n) is 4.69. The van der Waals surface area contributed by atoms with Crippen molar-refractivity contribution in [3.05, 3.63) is 54.6 Å². The van der Waals surface area contributed by atoms with Gasteiger partial charge in [0, 0.05) is 23.7 Å². The first-order valence-electron chi connectivity index (χ1n) is 10.5. The van der Waals surface area contributed by atoms with Crippen LogP contribution >= 0.6 is 0 Å². The van der Waals surface area contributed by atoms with Gasteiger partial charge < -0.3 is 20.1 Å². The summed E-state index contributed by atoms with van der Waals surface area (Å²) in [5.41, 5.74) is 2.23. The zero-order valence-electron chi connectivity index (χ0n) is 16.9. The molecule has 2 amide bonds. The van der Waals surface area contributed by atoms with Gasteiger partial charge in [-0.25, -0.2) is 4.79 Å². The van der Waals surface area contributed by atoms with Gasteiger partial charge in [-0.1, -0.05) is 47.6 Å². The molecule has 0 aliphatic carbocycles. The quantitative estimate of drug-likeness (QED) is 0.684. The van der Waals surface area contributed by atoms with Gasteiger partial charge in [-0.3, -0.25) is 0 Å². The summed E-state index contributed by atoms with van der Waals surface area (Å²) in [7, 11) is 2.20. The molecule has 7 heteroatoms. The lowest BCUT2D eigenvalue weighted by Crippen LogP contribution is -2.49. The topological polar surface area (TPSA) is 83.3 Å². The van der Waals surface area contributed by atoms with Crippen LogP contribution in [0.1, 0.15) is 25.7 Å². The smallest absolute Gasteiger partial charge is 0.319 e. The number of benzene rings is 2. The summed E-state index contributed by atoms with van der Waals surface area (Å²) < 4.78 is 5.49. The molecule has 30 heavy (non-hydrogen) atoms. The Kier molecular flexibility index (Phi) is 4.96. The lowest BCUT2D eigenvalue weighted by atomic mass is 9.98. The van der Waals surface area contributed by atoms with Gasteiger partial charge >= 0.3 is 6.03 Å². The van der Waals surface area contributed by atoms with E-state index in [0.29, 0.717) is 35.0 Å². The Morgan fingerprint density at radius 2 is 1.73 bits per heavy atom. The highest BCUT2D eigenvalue weighted by Crippen LogP contribution is 2.34. The molecule has 0 radical (unpaired) electrons. The predicted octanol–water partition coefficient (Wildman–Crippen LogP) is 4.15. The van der Waals surface area contributed by atoms with E-state index in [1.807, 2.05) is 54.6 Å². The molecule has 2 bridgehead atoms. The van der Waals surface area contributed by atoms with Crippen LogP contribution in [0.3, 0.4) is 0 Å². The van der Waals surface area contributed by atoms with Crippen LogP contribution in [0.5, 0.6) is 0 Å². The number of carbonyl (C=O) groups excluding carboxylic acids is 1. The number of nitrogens with one attached hydrogen (secondary N) is 2. The van der Waals surface area contributed by atoms with Gasteiger partial charge in [0.05, 0.1) is 11.3 Å². The number of urea groups is 1. The molecule has 2 aromatic carbocycles. The largest absolute Gasteiger partial charge is 0.335 e.